The number of para-hydroxylation sites is 2. The third-order valence-corrected chi connectivity index (χ3v) is 7.29. The van der Waals surface area contributed by atoms with Gasteiger partial charge in [-0.15, -0.1) is 21.5 Å². The molecule has 0 radical (unpaired) electrons. The highest BCUT2D eigenvalue weighted by atomic mass is 32.2. The van der Waals surface area contributed by atoms with Crippen LogP contribution in [0.1, 0.15) is 22.6 Å². The summed E-state index contributed by atoms with van der Waals surface area (Å²) in [6.45, 7) is 2.95. The Morgan fingerprint density at radius 3 is 2.94 bits per heavy atom. The SMILES string of the molecule is Cc1nc(-c2ccc3c(c2)CCN3C(=O)CSc2nnc(C3COc4ccccc4O3)o2)cs1. The number of thiazole rings is 1. The molecule has 1 atom stereocenters. The molecule has 8 nitrogen and oxygen atoms in total. The summed E-state index contributed by atoms with van der Waals surface area (Å²) >= 11 is 2.86. The van der Waals surface area contributed by atoms with Gasteiger partial charge in [0.05, 0.1) is 16.5 Å². The van der Waals surface area contributed by atoms with Crippen molar-refractivity contribution in [2.45, 2.75) is 24.7 Å². The number of thioether (sulfide) groups is 1. The fourth-order valence-corrected chi connectivity index (χ4v) is 5.34. The molecule has 2 aromatic carbocycles. The largest absolute Gasteiger partial charge is 0.485 e. The zero-order valence-corrected chi connectivity index (χ0v) is 19.9. The van der Waals surface area contributed by atoms with Crippen molar-refractivity contribution in [3.63, 3.8) is 0 Å². The van der Waals surface area contributed by atoms with Crippen molar-refractivity contribution in [1.82, 2.24) is 15.2 Å². The lowest BCUT2D eigenvalue weighted by Crippen LogP contribution is -2.30. The van der Waals surface area contributed by atoms with Gasteiger partial charge in [-0.2, -0.15) is 0 Å². The Labute approximate surface area is 203 Å². The van der Waals surface area contributed by atoms with Crippen LogP contribution in [0, 0.1) is 6.92 Å². The van der Waals surface area contributed by atoms with E-state index in [-0.39, 0.29) is 18.3 Å². The van der Waals surface area contributed by atoms with E-state index in [1.165, 1.54) is 11.8 Å². The first-order chi connectivity index (χ1) is 16.6. The highest BCUT2D eigenvalue weighted by Gasteiger charge is 2.29. The van der Waals surface area contributed by atoms with Gasteiger partial charge in [0.2, 0.25) is 12.0 Å². The zero-order valence-electron chi connectivity index (χ0n) is 18.3. The topological polar surface area (TPSA) is 90.6 Å². The van der Waals surface area contributed by atoms with E-state index in [2.05, 4.69) is 26.6 Å². The number of carbonyl (C=O) groups excluding carboxylic acids is 1. The van der Waals surface area contributed by atoms with E-state index >= 15 is 0 Å². The summed E-state index contributed by atoms with van der Waals surface area (Å²) in [4.78, 5) is 19.3. The lowest BCUT2D eigenvalue weighted by atomic mass is 10.1. The number of nitrogens with zero attached hydrogens (tertiary/aromatic N) is 4. The molecule has 2 aromatic heterocycles. The molecule has 0 bridgehead atoms. The van der Waals surface area contributed by atoms with Crippen LogP contribution in [0.3, 0.4) is 0 Å². The number of carbonyl (C=O) groups is 1. The second-order valence-corrected chi connectivity index (χ2v) is 9.94. The van der Waals surface area contributed by atoms with Crippen molar-refractivity contribution >= 4 is 34.7 Å². The number of aromatic nitrogens is 3. The minimum Gasteiger partial charge on any atom is -0.485 e. The van der Waals surface area contributed by atoms with Crippen LogP contribution in [0.15, 0.2) is 57.5 Å². The number of rotatable bonds is 5. The lowest BCUT2D eigenvalue weighted by Gasteiger charge is -2.23. The first-order valence-corrected chi connectivity index (χ1v) is 12.7. The number of benzene rings is 2. The van der Waals surface area contributed by atoms with Gasteiger partial charge < -0.3 is 18.8 Å². The van der Waals surface area contributed by atoms with E-state index < -0.39 is 6.10 Å². The Kier molecular flexibility index (Phi) is 5.46. The quantitative estimate of drug-likeness (QED) is 0.371. The van der Waals surface area contributed by atoms with E-state index in [0.717, 1.165) is 33.9 Å². The summed E-state index contributed by atoms with van der Waals surface area (Å²) in [5.74, 6) is 1.88. The summed E-state index contributed by atoms with van der Waals surface area (Å²) in [6, 6.07) is 13.6. The molecule has 0 fully saturated rings. The molecule has 0 spiro atoms. The minimum absolute atomic E-state index is 0.00642. The van der Waals surface area contributed by atoms with Crippen LogP contribution >= 0.6 is 23.1 Å². The monoisotopic (exact) mass is 492 g/mol. The van der Waals surface area contributed by atoms with Crippen LogP contribution in [0.5, 0.6) is 11.5 Å². The summed E-state index contributed by atoms with van der Waals surface area (Å²) < 4.78 is 17.4. The number of aryl methyl sites for hydroxylation is 1. The van der Waals surface area contributed by atoms with Crippen LogP contribution in [0.2, 0.25) is 0 Å². The molecule has 2 aliphatic heterocycles. The van der Waals surface area contributed by atoms with E-state index in [9.17, 15) is 4.79 Å². The van der Waals surface area contributed by atoms with Gasteiger partial charge in [-0.05, 0) is 43.2 Å². The molecule has 0 N–H and O–H groups in total. The minimum atomic E-state index is -0.478. The molecule has 6 rings (SSSR count). The number of hydrogen-bond donors (Lipinski definition) is 0. The molecule has 10 heteroatoms. The highest BCUT2D eigenvalue weighted by molar-refractivity contribution is 7.99. The molecule has 4 heterocycles. The lowest BCUT2D eigenvalue weighted by molar-refractivity contribution is -0.116. The van der Waals surface area contributed by atoms with Gasteiger partial charge >= 0.3 is 0 Å². The molecular formula is C24H20N4O4S2. The first-order valence-electron chi connectivity index (χ1n) is 10.8. The number of amides is 1. The van der Waals surface area contributed by atoms with Gasteiger partial charge in [-0.1, -0.05) is 30.0 Å². The Balaban J connectivity index is 1.09. The summed E-state index contributed by atoms with van der Waals surface area (Å²) in [6.07, 6.45) is 0.349. The smallest absolute Gasteiger partial charge is 0.277 e. The molecule has 2 aliphatic rings. The van der Waals surface area contributed by atoms with Gasteiger partial charge in [0.25, 0.3) is 11.1 Å². The molecule has 34 heavy (non-hydrogen) atoms. The average Bonchev–Trinajstić information content (AvgIpc) is 3.61. The molecule has 172 valence electrons. The summed E-state index contributed by atoms with van der Waals surface area (Å²) in [5.41, 5.74) is 4.19. The third-order valence-electron chi connectivity index (χ3n) is 5.72. The molecule has 0 saturated heterocycles. The van der Waals surface area contributed by atoms with Crippen molar-refractivity contribution < 1.29 is 18.7 Å². The molecule has 1 amide bonds. The van der Waals surface area contributed by atoms with Crippen molar-refractivity contribution in [3.05, 3.63) is 64.3 Å². The Morgan fingerprint density at radius 2 is 2.09 bits per heavy atom. The number of anilines is 1. The van der Waals surface area contributed by atoms with E-state index in [1.807, 2.05) is 48.2 Å². The second-order valence-electron chi connectivity index (χ2n) is 7.95. The van der Waals surface area contributed by atoms with Gasteiger partial charge in [0.15, 0.2) is 11.5 Å². The summed E-state index contributed by atoms with van der Waals surface area (Å²) in [7, 11) is 0. The summed E-state index contributed by atoms with van der Waals surface area (Å²) in [5, 5.41) is 11.6. The highest BCUT2D eigenvalue weighted by Crippen LogP contribution is 2.36. The Hall–Kier alpha value is -3.37. The maximum absolute atomic E-state index is 12.9. The maximum Gasteiger partial charge on any atom is 0.277 e. The molecule has 1 unspecified atom stereocenters. The molecular weight excluding hydrogens is 472 g/mol. The second kappa shape index (κ2) is 8.77. The van der Waals surface area contributed by atoms with Gasteiger partial charge in [0, 0.05) is 23.2 Å². The molecule has 4 aromatic rings. The number of hydrogen-bond acceptors (Lipinski definition) is 9. The maximum atomic E-state index is 12.9. The fraction of sp³-hybridized carbons (Fsp3) is 0.250. The number of ether oxygens (including phenoxy) is 2. The van der Waals surface area contributed by atoms with Crippen LogP contribution in [0.25, 0.3) is 11.3 Å². The third kappa shape index (κ3) is 4.03. The predicted molar refractivity (Wildman–Crippen MR) is 129 cm³/mol. The van der Waals surface area contributed by atoms with Gasteiger partial charge in [-0.3, -0.25) is 4.79 Å². The van der Waals surface area contributed by atoms with E-state index in [4.69, 9.17) is 13.9 Å². The van der Waals surface area contributed by atoms with Crippen molar-refractivity contribution in [2.24, 2.45) is 0 Å². The van der Waals surface area contributed by atoms with Crippen molar-refractivity contribution in [2.75, 3.05) is 23.8 Å². The van der Waals surface area contributed by atoms with E-state index in [1.54, 1.807) is 11.3 Å². The van der Waals surface area contributed by atoms with Crippen LogP contribution in [-0.2, 0) is 11.2 Å². The van der Waals surface area contributed by atoms with Crippen LogP contribution < -0.4 is 14.4 Å². The normalized spacial score (nSPS) is 16.5. The number of fused-ring (bicyclic) bond motifs is 2. The fourth-order valence-electron chi connectivity index (χ4n) is 4.07. The predicted octanol–water partition coefficient (Wildman–Crippen LogP) is 4.70. The molecule has 0 aliphatic carbocycles. The zero-order chi connectivity index (χ0) is 23.1. The first kappa shape index (κ1) is 21.2. The van der Waals surface area contributed by atoms with Crippen LogP contribution in [-0.4, -0.2) is 40.0 Å². The van der Waals surface area contributed by atoms with E-state index in [0.29, 0.717) is 29.2 Å². The molecule has 0 saturated carbocycles. The van der Waals surface area contributed by atoms with Gasteiger partial charge in [-0.25, -0.2) is 4.98 Å². The Bertz CT molecular complexity index is 1370. The van der Waals surface area contributed by atoms with Crippen molar-refractivity contribution in [1.29, 1.82) is 0 Å². The standard InChI is InChI=1S/C24H20N4O4S2/c1-14-25-17(12-33-14)15-6-7-18-16(10-15)8-9-28(18)22(29)13-34-24-27-26-23(32-24)21-11-30-19-4-2-3-5-20(19)31-21/h2-7,10,12,21H,8-9,11,13H2,1H3. The van der Waals surface area contributed by atoms with Gasteiger partial charge in [0.1, 0.15) is 6.61 Å². The Morgan fingerprint density at radius 1 is 1.21 bits per heavy atom. The van der Waals surface area contributed by atoms with Crippen LogP contribution in [0.4, 0.5) is 5.69 Å². The van der Waals surface area contributed by atoms with Crippen molar-refractivity contribution in [3.8, 4) is 22.8 Å². The average molecular weight is 493 g/mol.